The van der Waals surface area contributed by atoms with Crippen molar-refractivity contribution in [2.24, 2.45) is 0 Å². The van der Waals surface area contributed by atoms with Crippen molar-refractivity contribution in [2.45, 2.75) is 38.5 Å². The van der Waals surface area contributed by atoms with Gasteiger partial charge in [0.2, 0.25) is 5.89 Å². The maximum atomic E-state index is 9.26. The molecule has 5 heteroatoms. The first kappa shape index (κ1) is 8.65. The Morgan fingerprint density at radius 1 is 1.62 bits per heavy atom. The highest BCUT2D eigenvalue weighted by Crippen LogP contribution is 2.19. The van der Waals surface area contributed by atoms with Crippen molar-refractivity contribution in [3.63, 3.8) is 0 Å². The molecule has 0 amide bonds. The van der Waals surface area contributed by atoms with E-state index in [1.807, 2.05) is 0 Å². The molecular weight excluding hydrogens is 170 g/mol. The Morgan fingerprint density at radius 3 is 2.92 bits per heavy atom. The number of hydrogen-bond donors (Lipinski definition) is 2. The van der Waals surface area contributed by atoms with Gasteiger partial charge in [-0.2, -0.15) is 4.98 Å². The zero-order valence-corrected chi connectivity index (χ0v) is 7.53. The Hall–Kier alpha value is -0.940. The molecule has 1 aliphatic carbocycles. The highest BCUT2D eigenvalue weighted by Gasteiger charge is 2.28. The molecule has 1 aromatic heterocycles. The van der Waals surface area contributed by atoms with Crippen LogP contribution in [0.4, 0.5) is 0 Å². The molecule has 0 bridgehead atoms. The van der Waals surface area contributed by atoms with Crippen LogP contribution in [-0.2, 0) is 6.54 Å². The molecule has 5 nitrogen and oxygen atoms in total. The number of aliphatic hydroxyl groups excluding tert-OH is 1. The Bertz CT molecular complexity index is 287. The van der Waals surface area contributed by atoms with E-state index >= 15 is 0 Å². The van der Waals surface area contributed by atoms with Gasteiger partial charge in [-0.3, -0.25) is 0 Å². The summed E-state index contributed by atoms with van der Waals surface area (Å²) in [6, 6.07) is 0.201. The minimum atomic E-state index is -0.205. The molecule has 1 fully saturated rings. The van der Waals surface area contributed by atoms with E-state index in [0.717, 1.165) is 12.8 Å². The van der Waals surface area contributed by atoms with Gasteiger partial charge < -0.3 is 14.9 Å². The second kappa shape index (κ2) is 3.43. The Morgan fingerprint density at radius 2 is 2.46 bits per heavy atom. The van der Waals surface area contributed by atoms with Crippen molar-refractivity contribution in [3.8, 4) is 0 Å². The average Bonchev–Trinajstić information content (AvgIpc) is 2.49. The summed E-state index contributed by atoms with van der Waals surface area (Å²) >= 11 is 0. The number of aromatic nitrogens is 2. The fraction of sp³-hybridized carbons (Fsp3) is 0.750. The van der Waals surface area contributed by atoms with Gasteiger partial charge in [-0.15, -0.1) is 0 Å². The first-order valence-corrected chi connectivity index (χ1v) is 4.46. The van der Waals surface area contributed by atoms with E-state index in [0.29, 0.717) is 18.3 Å². The lowest BCUT2D eigenvalue weighted by molar-refractivity contribution is 0.0479. The van der Waals surface area contributed by atoms with Crippen molar-refractivity contribution < 1.29 is 9.63 Å². The summed E-state index contributed by atoms with van der Waals surface area (Å²) in [4.78, 5) is 4.04. The van der Waals surface area contributed by atoms with Gasteiger partial charge in [0.25, 0.3) is 0 Å². The zero-order chi connectivity index (χ0) is 9.26. The molecule has 1 aliphatic rings. The minimum Gasteiger partial charge on any atom is -0.392 e. The first-order valence-electron chi connectivity index (χ1n) is 4.46. The van der Waals surface area contributed by atoms with Crippen LogP contribution in [0.2, 0.25) is 0 Å². The molecule has 13 heavy (non-hydrogen) atoms. The maximum absolute atomic E-state index is 9.26. The van der Waals surface area contributed by atoms with E-state index in [1.54, 1.807) is 6.92 Å². The SMILES string of the molecule is Cc1noc(CNC2CCC2O)n1. The summed E-state index contributed by atoms with van der Waals surface area (Å²) in [5, 5.41) is 16.1. The number of nitrogens with one attached hydrogen (secondary N) is 1. The van der Waals surface area contributed by atoms with Crippen LogP contribution < -0.4 is 5.32 Å². The van der Waals surface area contributed by atoms with E-state index in [2.05, 4.69) is 15.5 Å². The molecule has 2 unspecified atom stereocenters. The monoisotopic (exact) mass is 183 g/mol. The van der Waals surface area contributed by atoms with E-state index in [-0.39, 0.29) is 12.1 Å². The Labute approximate surface area is 76.1 Å². The second-order valence-corrected chi connectivity index (χ2v) is 3.37. The topological polar surface area (TPSA) is 71.2 Å². The van der Waals surface area contributed by atoms with Crippen molar-refractivity contribution in [1.82, 2.24) is 15.5 Å². The number of hydrogen-bond acceptors (Lipinski definition) is 5. The van der Waals surface area contributed by atoms with Crippen molar-refractivity contribution in [2.75, 3.05) is 0 Å². The lowest BCUT2D eigenvalue weighted by atomic mass is 9.89. The molecule has 2 N–H and O–H groups in total. The summed E-state index contributed by atoms with van der Waals surface area (Å²) < 4.78 is 4.91. The summed E-state index contributed by atoms with van der Waals surface area (Å²) in [6.45, 7) is 2.33. The van der Waals surface area contributed by atoms with E-state index in [9.17, 15) is 5.11 Å². The average molecular weight is 183 g/mol. The van der Waals surface area contributed by atoms with Gasteiger partial charge in [0.15, 0.2) is 5.82 Å². The Balaban J connectivity index is 1.79. The van der Waals surface area contributed by atoms with Gasteiger partial charge in [0.1, 0.15) is 0 Å². The quantitative estimate of drug-likeness (QED) is 0.689. The standard InChI is InChI=1S/C8H13N3O2/c1-5-10-8(13-11-5)4-9-6-2-3-7(6)12/h6-7,9,12H,2-4H2,1H3. The predicted molar refractivity (Wildman–Crippen MR) is 44.9 cm³/mol. The lowest BCUT2D eigenvalue weighted by Gasteiger charge is -2.32. The van der Waals surface area contributed by atoms with Crippen LogP contribution in [0.3, 0.4) is 0 Å². The summed E-state index contributed by atoms with van der Waals surface area (Å²) in [5.41, 5.74) is 0. The number of rotatable bonds is 3. The molecule has 0 radical (unpaired) electrons. The van der Waals surface area contributed by atoms with Crippen LogP contribution in [0.1, 0.15) is 24.6 Å². The lowest BCUT2D eigenvalue weighted by Crippen LogP contribution is -2.47. The molecule has 72 valence electrons. The molecule has 0 aliphatic heterocycles. The summed E-state index contributed by atoms with van der Waals surface area (Å²) in [5.74, 6) is 1.22. The highest BCUT2D eigenvalue weighted by molar-refractivity contribution is 4.89. The normalized spacial score (nSPS) is 27.2. The van der Waals surface area contributed by atoms with Gasteiger partial charge in [-0.05, 0) is 19.8 Å². The van der Waals surface area contributed by atoms with Gasteiger partial charge >= 0.3 is 0 Å². The van der Waals surface area contributed by atoms with Gasteiger partial charge in [0, 0.05) is 6.04 Å². The van der Waals surface area contributed by atoms with Crippen LogP contribution in [0, 0.1) is 6.92 Å². The second-order valence-electron chi connectivity index (χ2n) is 3.37. The van der Waals surface area contributed by atoms with Crippen LogP contribution in [0.25, 0.3) is 0 Å². The number of nitrogens with zero attached hydrogens (tertiary/aromatic N) is 2. The maximum Gasteiger partial charge on any atom is 0.240 e. The highest BCUT2D eigenvalue weighted by atomic mass is 16.5. The predicted octanol–water partition coefficient (Wildman–Crippen LogP) is -0.00908. The van der Waals surface area contributed by atoms with Gasteiger partial charge in [-0.1, -0.05) is 5.16 Å². The van der Waals surface area contributed by atoms with Crippen molar-refractivity contribution in [3.05, 3.63) is 11.7 Å². The third-order valence-electron chi connectivity index (χ3n) is 2.32. The summed E-state index contributed by atoms with van der Waals surface area (Å²) in [6.07, 6.45) is 1.71. The molecule has 0 spiro atoms. The minimum absolute atomic E-state index is 0.201. The largest absolute Gasteiger partial charge is 0.392 e. The van der Waals surface area contributed by atoms with Crippen LogP contribution in [0.5, 0.6) is 0 Å². The smallest absolute Gasteiger partial charge is 0.240 e. The fourth-order valence-corrected chi connectivity index (χ4v) is 1.35. The van der Waals surface area contributed by atoms with E-state index in [1.165, 1.54) is 0 Å². The molecule has 1 saturated carbocycles. The van der Waals surface area contributed by atoms with Crippen molar-refractivity contribution >= 4 is 0 Å². The number of aliphatic hydroxyl groups is 1. The third kappa shape index (κ3) is 1.87. The van der Waals surface area contributed by atoms with Crippen LogP contribution in [-0.4, -0.2) is 27.4 Å². The van der Waals surface area contributed by atoms with Crippen LogP contribution in [0.15, 0.2) is 4.52 Å². The van der Waals surface area contributed by atoms with Gasteiger partial charge in [0.05, 0.1) is 12.6 Å². The molecule has 0 saturated heterocycles. The molecular formula is C8H13N3O2. The molecule has 0 aromatic carbocycles. The zero-order valence-electron chi connectivity index (χ0n) is 7.53. The molecule has 2 atom stereocenters. The first-order chi connectivity index (χ1) is 6.25. The van der Waals surface area contributed by atoms with E-state index in [4.69, 9.17) is 4.52 Å². The molecule has 1 aromatic rings. The molecule has 1 heterocycles. The summed E-state index contributed by atoms with van der Waals surface area (Å²) in [7, 11) is 0. The van der Waals surface area contributed by atoms with Crippen LogP contribution >= 0.6 is 0 Å². The third-order valence-corrected chi connectivity index (χ3v) is 2.32. The van der Waals surface area contributed by atoms with Gasteiger partial charge in [-0.25, -0.2) is 0 Å². The van der Waals surface area contributed by atoms with E-state index < -0.39 is 0 Å². The van der Waals surface area contributed by atoms with Crippen molar-refractivity contribution in [1.29, 1.82) is 0 Å². The molecule has 2 rings (SSSR count). The Kier molecular flexibility index (Phi) is 2.28. The number of aryl methyl sites for hydroxylation is 1. The fourth-order valence-electron chi connectivity index (χ4n) is 1.35.